The van der Waals surface area contributed by atoms with Crippen LogP contribution in [-0.2, 0) is 16.0 Å². The number of urea groups is 1. The molecule has 0 spiro atoms. The van der Waals surface area contributed by atoms with Crippen molar-refractivity contribution >= 4 is 12.0 Å². The molecular weight excluding hydrogens is 553 g/mol. The molecule has 0 aliphatic heterocycles. The van der Waals surface area contributed by atoms with E-state index in [1.54, 1.807) is 31.2 Å². The van der Waals surface area contributed by atoms with Crippen LogP contribution >= 0.6 is 0 Å². The van der Waals surface area contributed by atoms with Crippen LogP contribution in [0.5, 0.6) is 5.75 Å². The van der Waals surface area contributed by atoms with Crippen LogP contribution in [0.4, 0.5) is 35.5 Å². The fourth-order valence-electron chi connectivity index (χ4n) is 3.41. The number of carbonyl (C=O) groups excluding carboxylic acids is 1. The van der Waals surface area contributed by atoms with E-state index >= 15 is 0 Å². The lowest BCUT2D eigenvalue weighted by Crippen LogP contribution is -2.51. The van der Waals surface area contributed by atoms with Crippen LogP contribution in [-0.4, -0.2) is 79.0 Å². The highest BCUT2D eigenvalue weighted by atomic mass is 19.4. The highest BCUT2D eigenvalue weighted by molar-refractivity contribution is 5.74. The first kappa shape index (κ1) is 35.3. The molecule has 0 aromatic heterocycles. The monoisotopic (exact) mass is 590 g/mol. The number of aliphatic carboxylic acids is 1. The van der Waals surface area contributed by atoms with Gasteiger partial charge < -0.3 is 24.8 Å². The normalized spacial score (nSPS) is 13.6. The summed E-state index contributed by atoms with van der Waals surface area (Å²) in [7, 11) is 0. The maximum atomic E-state index is 13.6. The summed E-state index contributed by atoms with van der Waals surface area (Å²) >= 11 is 0. The second kappa shape index (κ2) is 14.7. The molecule has 0 saturated carbocycles. The molecule has 2 N–H and O–H groups in total. The van der Waals surface area contributed by atoms with Gasteiger partial charge in [-0.15, -0.1) is 0 Å². The van der Waals surface area contributed by atoms with E-state index < -0.39 is 49.0 Å². The number of unbranched alkanes of at least 4 members (excludes halogenated alkanes) is 1. The number of benzene rings is 1. The number of hydrogen-bond donors (Lipinski definition) is 2. The molecule has 40 heavy (non-hydrogen) atoms. The first-order chi connectivity index (χ1) is 18.3. The van der Waals surface area contributed by atoms with E-state index in [0.29, 0.717) is 11.3 Å². The summed E-state index contributed by atoms with van der Waals surface area (Å²) in [6.07, 6.45) is -9.87. The summed E-state index contributed by atoms with van der Waals surface area (Å²) in [6.45, 7) is 7.52. The Morgan fingerprint density at radius 1 is 0.975 bits per heavy atom. The van der Waals surface area contributed by atoms with Crippen molar-refractivity contribution in [2.75, 3.05) is 32.8 Å². The molecule has 14 heteroatoms. The minimum Gasteiger partial charge on any atom is -0.492 e. The van der Waals surface area contributed by atoms with E-state index in [1.807, 2.05) is 20.8 Å². The molecule has 1 atom stereocenters. The summed E-state index contributed by atoms with van der Waals surface area (Å²) in [6, 6.07) is 5.90. The molecule has 0 aliphatic rings. The number of carboxylic acid groups (broad SMARTS) is 1. The second-order valence-electron chi connectivity index (χ2n) is 10.4. The van der Waals surface area contributed by atoms with Crippen molar-refractivity contribution in [3.8, 4) is 5.75 Å². The lowest BCUT2D eigenvalue weighted by molar-refractivity contribution is -0.355. The lowest BCUT2D eigenvalue weighted by Gasteiger charge is -2.29. The summed E-state index contributed by atoms with van der Waals surface area (Å²) in [5.74, 6) is -12.1. The van der Waals surface area contributed by atoms with Gasteiger partial charge in [0.2, 0.25) is 0 Å². The van der Waals surface area contributed by atoms with Crippen molar-refractivity contribution in [2.24, 2.45) is 5.41 Å². The van der Waals surface area contributed by atoms with Crippen LogP contribution < -0.4 is 10.1 Å². The van der Waals surface area contributed by atoms with E-state index in [2.05, 4.69) is 5.32 Å². The number of hydrogen-bond acceptors (Lipinski definition) is 4. The van der Waals surface area contributed by atoms with Gasteiger partial charge in [-0.3, -0.25) is 0 Å². The van der Waals surface area contributed by atoms with Crippen molar-refractivity contribution in [2.45, 2.75) is 77.5 Å². The lowest BCUT2D eigenvalue weighted by atomic mass is 9.97. The van der Waals surface area contributed by atoms with E-state index in [0.717, 1.165) is 0 Å². The predicted octanol–water partition coefficient (Wildman–Crippen LogP) is 6.16. The molecule has 1 aromatic carbocycles. The SMILES string of the molecule is CCOC(Cc1ccc(OCCN(CCCCC(F)(F)C(F)(F)C(F)(F)F)C(=O)NCC(C)(C)C)cc1)C(=O)O. The van der Waals surface area contributed by atoms with Crippen molar-refractivity contribution in [3.63, 3.8) is 0 Å². The van der Waals surface area contributed by atoms with E-state index in [9.17, 15) is 45.4 Å². The molecule has 2 amide bonds. The molecule has 0 heterocycles. The van der Waals surface area contributed by atoms with Crippen LogP contribution in [0.3, 0.4) is 0 Å². The van der Waals surface area contributed by atoms with Crippen LogP contribution in [0.2, 0.25) is 0 Å². The standard InChI is InChI=1S/C26H37F7N2O5/c1-5-39-20(21(36)37)16-18-8-10-19(11-9-18)40-15-14-35(22(38)34-17-23(2,3)4)13-7-6-12-24(27,28)25(29,30)26(31,32)33/h8-11,20H,5-7,12-17H2,1-4H3,(H,34,38)(H,36,37). The molecule has 0 aliphatic carbocycles. The van der Waals surface area contributed by atoms with Gasteiger partial charge in [0.05, 0.1) is 6.54 Å². The average molecular weight is 591 g/mol. The molecule has 0 fully saturated rings. The quantitative estimate of drug-likeness (QED) is 0.178. The molecule has 230 valence electrons. The number of amides is 2. The zero-order valence-electron chi connectivity index (χ0n) is 22.9. The van der Waals surface area contributed by atoms with Gasteiger partial charge in [0.1, 0.15) is 12.4 Å². The average Bonchev–Trinajstić information content (AvgIpc) is 2.83. The second-order valence-corrected chi connectivity index (χ2v) is 10.4. The number of carbonyl (C=O) groups is 2. The Morgan fingerprint density at radius 2 is 1.57 bits per heavy atom. The minimum atomic E-state index is -6.38. The fraction of sp³-hybridized carbons (Fsp3) is 0.692. The van der Waals surface area contributed by atoms with E-state index in [-0.39, 0.29) is 51.1 Å². The number of alkyl halides is 7. The molecule has 7 nitrogen and oxygen atoms in total. The first-order valence-electron chi connectivity index (χ1n) is 12.7. The largest absolute Gasteiger partial charge is 0.492 e. The maximum absolute atomic E-state index is 13.6. The van der Waals surface area contributed by atoms with Crippen LogP contribution in [0.25, 0.3) is 0 Å². The molecule has 1 unspecified atom stereocenters. The molecule has 0 radical (unpaired) electrons. The topological polar surface area (TPSA) is 88.1 Å². The number of halogens is 7. The number of nitrogens with zero attached hydrogens (tertiary/aromatic N) is 1. The summed E-state index contributed by atoms with van der Waals surface area (Å²) in [4.78, 5) is 25.1. The minimum absolute atomic E-state index is 0.0295. The molecule has 1 aromatic rings. The maximum Gasteiger partial charge on any atom is 0.459 e. The third-order valence-corrected chi connectivity index (χ3v) is 5.66. The Balaban J connectivity index is 2.74. The Labute approximate surface area is 229 Å². The van der Waals surface area contributed by atoms with Gasteiger partial charge in [0.15, 0.2) is 6.10 Å². The highest BCUT2D eigenvalue weighted by Crippen LogP contribution is 2.48. The summed E-state index contributed by atoms with van der Waals surface area (Å²) < 4.78 is 101. The Kier molecular flexibility index (Phi) is 13.0. The van der Waals surface area contributed by atoms with Gasteiger partial charge in [-0.25, -0.2) is 9.59 Å². The Hall–Kier alpha value is -2.77. The van der Waals surface area contributed by atoms with Crippen molar-refractivity contribution in [3.05, 3.63) is 29.8 Å². The van der Waals surface area contributed by atoms with Crippen LogP contribution in [0.1, 0.15) is 52.5 Å². The van der Waals surface area contributed by atoms with Crippen LogP contribution in [0, 0.1) is 5.41 Å². The van der Waals surface area contributed by atoms with Gasteiger partial charge in [0.25, 0.3) is 0 Å². The van der Waals surface area contributed by atoms with Gasteiger partial charge in [-0.1, -0.05) is 32.9 Å². The van der Waals surface area contributed by atoms with Gasteiger partial charge in [0, 0.05) is 32.5 Å². The zero-order valence-corrected chi connectivity index (χ0v) is 22.9. The Bertz CT molecular complexity index is 935. The predicted molar refractivity (Wildman–Crippen MR) is 133 cm³/mol. The van der Waals surface area contributed by atoms with Crippen LogP contribution in [0.15, 0.2) is 24.3 Å². The van der Waals surface area contributed by atoms with Gasteiger partial charge >= 0.3 is 30.0 Å². The van der Waals surface area contributed by atoms with Crippen molar-refractivity contribution in [1.29, 1.82) is 0 Å². The summed E-state index contributed by atoms with van der Waals surface area (Å²) in [5, 5.41) is 11.9. The molecular formula is C26H37F7N2O5. The smallest absolute Gasteiger partial charge is 0.459 e. The van der Waals surface area contributed by atoms with Gasteiger partial charge in [-0.2, -0.15) is 30.7 Å². The summed E-state index contributed by atoms with van der Waals surface area (Å²) in [5.41, 5.74) is 0.399. The number of rotatable bonds is 16. The third kappa shape index (κ3) is 11.4. The molecule has 0 bridgehead atoms. The van der Waals surface area contributed by atoms with Crippen molar-refractivity contribution in [1.82, 2.24) is 10.2 Å². The highest BCUT2D eigenvalue weighted by Gasteiger charge is 2.72. The third-order valence-electron chi connectivity index (χ3n) is 5.66. The number of nitrogens with one attached hydrogen (secondary N) is 1. The number of carboxylic acids is 1. The van der Waals surface area contributed by atoms with Gasteiger partial charge in [-0.05, 0) is 42.9 Å². The van der Waals surface area contributed by atoms with Crippen molar-refractivity contribution < 1.29 is 54.9 Å². The Morgan fingerprint density at radius 3 is 2.08 bits per heavy atom. The first-order valence-corrected chi connectivity index (χ1v) is 12.7. The fourth-order valence-corrected chi connectivity index (χ4v) is 3.41. The van der Waals surface area contributed by atoms with E-state index in [1.165, 1.54) is 4.90 Å². The number of ether oxygens (including phenoxy) is 2. The van der Waals surface area contributed by atoms with E-state index in [4.69, 9.17) is 9.47 Å². The zero-order chi connectivity index (χ0) is 30.8. The molecule has 0 saturated heterocycles. The molecule has 1 rings (SSSR count).